The smallest absolute Gasteiger partial charge is 0.298 e. The summed E-state index contributed by atoms with van der Waals surface area (Å²) in [6, 6.07) is 6.05. The van der Waals surface area contributed by atoms with Gasteiger partial charge in [-0.25, -0.2) is 0 Å². The van der Waals surface area contributed by atoms with Crippen LogP contribution in [0.4, 0.5) is 6.01 Å². The molecule has 0 bridgehead atoms. The van der Waals surface area contributed by atoms with Gasteiger partial charge in [0.25, 0.3) is 6.01 Å². The van der Waals surface area contributed by atoms with E-state index in [0.717, 1.165) is 44.3 Å². The van der Waals surface area contributed by atoms with Crippen LogP contribution in [0.2, 0.25) is 5.02 Å². The number of nitrogens with one attached hydrogen (secondary N) is 1. The second-order valence-corrected chi connectivity index (χ2v) is 7.72. The molecule has 0 spiro atoms. The summed E-state index contributed by atoms with van der Waals surface area (Å²) in [7, 11) is 1.91. The topological polar surface area (TPSA) is 76.2 Å². The van der Waals surface area contributed by atoms with Crippen molar-refractivity contribution in [2.75, 3.05) is 24.5 Å². The van der Waals surface area contributed by atoms with Crippen molar-refractivity contribution in [1.82, 2.24) is 20.1 Å². The SMILES string of the molecule is Cn1cc(CCCNC(=O)C2CCN(c3nc4ccc(Cl)cc4o3)CC2)cn1. The van der Waals surface area contributed by atoms with E-state index >= 15 is 0 Å². The average Bonchev–Trinajstić information content (AvgIpc) is 3.30. The Morgan fingerprint density at radius 1 is 1.36 bits per heavy atom. The number of benzene rings is 1. The highest BCUT2D eigenvalue weighted by Gasteiger charge is 2.27. The molecule has 1 amide bonds. The number of hydrogen-bond acceptors (Lipinski definition) is 5. The van der Waals surface area contributed by atoms with Crippen LogP contribution in [0.5, 0.6) is 0 Å². The molecule has 4 rings (SSSR count). The van der Waals surface area contributed by atoms with Crippen molar-refractivity contribution in [1.29, 1.82) is 0 Å². The molecule has 3 aromatic rings. The van der Waals surface area contributed by atoms with E-state index in [0.29, 0.717) is 23.2 Å². The molecule has 1 aliphatic heterocycles. The number of fused-ring (bicyclic) bond motifs is 1. The van der Waals surface area contributed by atoms with Gasteiger partial charge in [0.05, 0.1) is 6.20 Å². The zero-order valence-corrected chi connectivity index (χ0v) is 16.7. The van der Waals surface area contributed by atoms with Crippen molar-refractivity contribution in [2.24, 2.45) is 13.0 Å². The number of halogens is 1. The molecule has 0 atom stereocenters. The Morgan fingerprint density at radius 2 is 2.18 bits per heavy atom. The van der Waals surface area contributed by atoms with Gasteiger partial charge in [-0.05, 0) is 43.4 Å². The van der Waals surface area contributed by atoms with Crippen molar-refractivity contribution in [2.45, 2.75) is 25.7 Å². The number of oxazole rings is 1. The highest BCUT2D eigenvalue weighted by Crippen LogP contribution is 2.28. The molecule has 1 saturated heterocycles. The fourth-order valence-corrected chi connectivity index (χ4v) is 3.77. The molecule has 148 valence electrons. The number of carbonyl (C=O) groups excluding carboxylic acids is 1. The zero-order chi connectivity index (χ0) is 19.5. The third-order valence-electron chi connectivity index (χ3n) is 5.18. The van der Waals surface area contributed by atoms with E-state index in [2.05, 4.69) is 20.3 Å². The zero-order valence-electron chi connectivity index (χ0n) is 15.9. The van der Waals surface area contributed by atoms with E-state index in [1.807, 2.05) is 25.5 Å². The van der Waals surface area contributed by atoms with Gasteiger partial charge >= 0.3 is 0 Å². The van der Waals surface area contributed by atoms with Crippen molar-refractivity contribution >= 4 is 34.6 Å². The molecule has 1 aromatic carbocycles. The first-order chi connectivity index (χ1) is 13.6. The molecule has 0 saturated carbocycles. The van der Waals surface area contributed by atoms with Crippen molar-refractivity contribution in [3.05, 3.63) is 41.2 Å². The molecule has 8 heteroatoms. The van der Waals surface area contributed by atoms with Crippen LogP contribution in [0, 0.1) is 5.92 Å². The van der Waals surface area contributed by atoms with Gasteiger partial charge in [-0.1, -0.05) is 11.6 Å². The molecule has 0 radical (unpaired) electrons. The quantitative estimate of drug-likeness (QED) is 0.642. The lowest BCUT2D eigenvalue weighted by Crippen LogP contribution is -2.41. The number of carbonyl (C=O) groups is 1. The maximum absolute atomic E-state index is 12.4. The van der Waals surface area contributed by atoms with Crippen LogP contribution in [0.15, 0.2) is 35.0 Å². The number of nitrogens with zero attached hydrogens (tertiary/aromatic N) is 4. The molecule has 0 aliphatic carbocycles. The Labute approximate surface area is 168 Å². The van der Waals surface area contributed by atoms with Crippen molar-refractivity contribution in [3.8, 4) is 0 Å². The summed E-state index contributed by atoms with van der Waals surface area (Å²) in [4.78, 5) is 19.1. The van der Waals surface area contributed by atoms with Gasteiger partial charge in [0.2, 0.25) is 5.91 Å². The first-order valence-corrected chi connectivity index (χ1v) is 10.0. The average molecular weight is 402 g/mol. The number of hydrogen-bond donors (Lipinski definition) is 1. The number of anilines is 1. The number of rotatable bonds is 6. The Bertz CT molecular complexity index is 959. The second kappa shape index (κ2) is 8.22. The molecule has 3 heterocycles. The predicted octanol–water partition coefficient (Wildman–Crippen LogP) is 3.18. The number of aryl methyl sites for hydroxylation is 2. The minimum absolute atomic E-state index is 0.0495. The van der Waals surface area contributed by atoms with Crippen LogP contribution in [-0.4, -0.2) is 40.3 Å². The van der Waals surface area contributed by atoms with Crippen LogP contribution in [0.25, 0.3) is 11.1 Å². The third-order valence-corrected chi connectivity index (χ3v) is 5.41. The minimum Gasteiger partial charge on any atom is -0.423 e. The Morgan fingerprint density at radius 3 is 2.93 bits per heavy atom. The number of amides is 1. The fraction of sp³-hybridized carbons (Fsp3) is 0.450. The van der Waals surface area contributed by atoms with Gasteiger partial charge in [-0.15, -0.1) is 0 Å². The second-order valence-electron chi connectivity index (χ2n) is 7.29. The normalized spacial score (nSPS) is 15.3. The van der Waals surface area contributed by atoms with E-state index in [-0.39, 0.29) is 11.8 Å². The predicted molar refractivity (Wildman–Crippen MR) is 108 cm³/mol. The third kappa shape index (κ3) is 4.30. The highest BCUT2D eigenvalue weighted by molar-refractivity contribution is 6.31. The van der Waals surface area contributed by atoms with E-state index in [1.54, 1.807) is 16.8 Å². The summed E-state index contributed by atoms with van der Waals surface area (Å²) in [5.41, 5.74) is 2.69. The van der Waals surface area contributed by atoms with E-state index < -0.39 is 0 Å². The van der Waals surface area contributed by atoms with E-state index in [9.17, 15) is 4.79 Å². The summed E-state index contributed by atoms with van der Waals surface area (Å²) in [5, 5.41) is 7.87. The number of aromatic nitrogens is 3. The monoisotopic (exact) mass is 401 g/mol. The molecular weight excluding hydrogens is 378 g/mol. The van der Waals surface area contributed by atoms with Gasteiger partial charge in [-0.3, -0.25) is 9.48 Å². The van der Waals surface area contributed by atoms with E-state index in [4.69, 9.17) is 16.0 Å². The Hall–Kier alpha value is -2.54. The summed E-state index contributed by atoms with van der Waals surface area (Å²) >= 11 is 6.01. The van der Waals surface area contributed by atoms with Crippen LogP contribution in [0.1, 0.15) is 24.8 Å². The lowest BCUT2D eigenvalue weighted by atomic mass is 9.96. The van der Waals surface area contributed by atoms with Crippen molar-refractivity contribution in [3.63, 3.8) is 0 Å². The van der Waals surface area contributed by atoms with Gasteiger partial charge < -0.3 is 14.6 Å². The molecule has 7 nitrogen and oxygen atoms in total. The maximum atomic E-state index is 12.4. The summed E-state index contributed by atoms with van der Waals surface area (Å²) in [6.07, 6.45) is 7.33. The molecule has 1 N–H and O–H groups in total. The van der Waals surface area contributed by atoms with Crippen LogP contribution >= 0.6 is 11.6 Å². The molecule has 1 fully saturated rings. The minimum atomic E-state index is 0.0495. The molecule has 2 aromatic heterocycles. The number of piperidine rings is 1. The van der Waals surface area contributed by atoms with Crippen molar-refractivity contribution < 1.29 is 9.21 Å². The molecule has 0 unspecified atom stereocenters. The largest absolute Gasteiger partial charge is 0.423 e. The highest BCUT2D eigenvalue weighted by atomic mass is 35.5. The van der Waals surface area contributed by atoms with Crippen LogP contribution in [0.3, 0.4) is 0 Å². The summed E-state index contributed by atoms with van der Waals surface area (Å²) in [5.74, 6) is 0.198. The van der Waals surface area contributed by atoms with Crippen LogP contribution < -0.4 is 10.2 Å². The Balaban J connectivity index is 1.23. The van der Waals surface area contributed by atoms with Gasteiger partial charge in [0.15, 0.2) is 5.58 Å². The summed E-state index contributed by atoms with van der Waals surface area (Å²) < 4.78 is 7.63. The molecular formula is C20H24ClN5O2. The lowest BCUT2D eigenvalue weighted by molar-refractivity contribution is -0.125. The van der Waals surface area contributed by atoms with Gasteiger partial charge in [0, 0.05) is 49.9 Å². The first-order valence-electron chi connectivity index (χ1n) is 9.65. The van der Waals surface area contributed by atoms with Crippen LogP contribution in [-0.2, 0) is 18.3 Å². The standard InChI is InChI=1S/C20H24ClN5O2/c1-25-13-14(12-23-25)3-2-8-22-19(27)15-6-9-26(10-7-15)20-24-17-5-4-16(21)11-18(17)28-20/h4-5,11-13,15H,2-3,6-10H2,1H3,(H,22,27). The van der Waals surface area contributed by atoms with Gasteiger partial charge in [-0.2, -0.15) is 10.1 Å². The van der Waals surface area contributed by atoms with E-state index in [1.165, 1.54) is 5.56 Å². The lowest BCUT2D eigenvalue weighted by Gasteiger charge is -2.30. The first kappa shape index (κ1) is 18.8. The van der Waals surface area contributed by atoms with Gasteiger partial charge in [0.1, 0.15) is 5.52 Å². The maximum Gasteiger partial charge on any atom is 0.298 e. The summed E-state index contributed by atoms with van der Waals surface area (Å²) in [6.45, 7) is 2.21. The fourth-order valence-electron chi connectivity index (χ4n) is 3.60. The molecule has 28 heavy (non-hydrogen) atoms. The Kier molecular flexibility index (Phi) is 5.52. The molecule has 1 aliphatic rings.